The lowest BCUT2D eigenvalue weighted by Crippen LogP contribution is -2.27. The molecule has 0 aliphatic heterocycles. The molecule has 5 nitrogen and oxygen atoms in total. The smallest absolute Gasteiger partial charge is 0.316 e. The Morgan fingerprint density at radius 3 is 1.87 bits per heavy atom. The highest BCUT2D eigenvalue weighted by atomic mass is 16.5. The number of carbonyl (C=O) groups is 2. The van der Waals surface area contributed by atoms with Crippen LogP contribution in [0, 0.1) is 5.92 Å². The molecule has 1 aromatic carbocycles. The van der Waals surface area contributed by atoms with Crippen LogP contribution >= 0.6 is 0 Å². The number of hydrogen-bond acceptors (Lipinski definition) is 5. The van der Waals surface area contributed by atoms with Gasteiger partial charge in [-0.3, -0.25) is 9.59 Å². The molecule has 1 rings (SSSR count). The van der Waals surface area contributed by atoms with Crippen molar-refractivity contribution in [1.29, 1.82) is 0 Å². The zero-order valence-corrected chi connectivity index (χ0v) is 19.3. The van der Waals surface area contributed by atoms with Gasteiger partial charge in [0.05, 0.1) is 20.8 Å². The van der Waals surface area contributed by atoms with Crippen molar-refractivity contribution in [1.82, 2.24) is 0 Å². The maximum atomic E-state index is 13.3. The molecule has 30 heavy (non-hydrogen) atoms. The minimum Gasteiger partial charge on any atom is -0.496 e. The van der Waals surface area contributed by atoms with Gasteiger partial charge in [-0.05, 0) is 25.0 Å². The van der Waals surface area contributed by atoms with Crippen LogP contribution in [0.5, 0.6) is 11.5 Å². The van der Waals surface area contributed by atoms with Gasteiger partial charge in [0.25, 0.3) is 0 Å². The summed E-state index contributed by atoms with van der Waals surface area (Å²) in [6, 6.07) is 5.17. The van der Waals surface area contributed by atoms with E-state index in [0.29, 0.717) is 30.1 Å². The van der Waals surface area contributed by atoms with E-state index >= 15 is 0 Å². The van der Waals surface area contributed by atoms with Crippen LogP contribution in [0.4, 0.5) is 0 Å². The molecule has 0 spiro atoms. The summed E-state index contributed by atoms with van der Waals surface area (Å²) in [5.74, 6) is -0.735. The molecule has 0 saturated heterocycles. The van der Waals surface area contributed by atoms with Gasteiger partial charge in [-0.1, -0.05) is 77.7 Å². The number of ether oxygens (including phenoxy) is 3. The van der Waals surface area contributed by atoms with E-state index in [1.54, 1.807) is 18.2 Å². The van der Waals surface area contributed by atoms with E-state index in [1.165, 1.54) is 46.3 Å². The van der Waals surface area contributed by atoms with Crippen molar-refractivity contribution >= 4 is 11.8 Å². The number of unbranched alkanes of at least 4 members (excludes halogenated alkanes) is 8. The first-order valence-electron chi connectivity index (χ1n) is 11.5. The predicted molar refractivity (Wildman–Crippen MR) is 120 cm³/mol. The quantitative estimate of drug-likeness (QED) is 0.127. The molecule has 0 heterocycles. The van der Waals surface area contributed by atoms with E-state index in [0.717, 1.165) is 32.1 Å². The normalized spacial score (nSPS) is 11.7. The molecule has 1 unspecified atom stereocenters. The van der Waals surface area contributed by atoms with Crippen LogP contribution in [0.1, 0.15) is 94.8 Å². The van der Waals surface area contributed by atoms with Crippen LogP contribution in [0.15, 0.2) is 18.2 Å². The highest BCUT2D eigenvalue weighted by Gasteiger charge is 2.32. The van der Waals surface area contributed by atoms with Gasteiger partial charge in [0.15, 0.2) is 5.78 Å². The third-order valence-electron chi connectivity index (χ3n) is 5.36. The van der Waals surface area contributed by atoms with E-state index < -0.39 is 11.9 Å². The van der Waals surface area contributed by atoms with E-state index in [9.17, 15) is 9.59 Å². The maximum absolute atomic E-state index is 13.3. The Kier molecular flexibility index (Phi) is 13.7. The van der Waals surface area contributed by atoms with Crippen LogP contribution in [0.25, 0.3) is 0 Å². The van der Waals surface area contributed by atoms with E-state index in [2.05, 4.69) is 6.92 Å². The van der Waals surface area contributed by atoms with Gasteiger partial charge in [-0.2, -0.15) is 0 Å². The van der Waals surface area contributed by atoms with Crippen LogP contribution in [0.3, 0.4) is 0 Å². The average Bonchev–Trinajstić information content (AvgIpc) is 2.77. The summed E-state index contributed by atoms with van der Waals surface area (Å²) in [5.41, 5.74) is 0.313. The maximum Gasteiger partial charge on any atom is 0.316 e. The monoisotopic (exact) mass is 420 g/mol. The highest BCUT2D eigenvalue weighted by Crippen LogP contribution is 2.32. The molecule has 0 bridgehead atoms. The molecule has 0 amide bonds. The third kappa shape index (κ3) is 8.76. The minimum atomic E-state index is -0.829. The first-order valence-corrected chi connectivity index (χ1v) is 11.5. The zero-order chi connectivity index (χ0) is 22.2. The average molecular weight is 421 g/mol. The Balaban J connectivity index is 2.64. The Bertz CT molecular complexity index is 604. The van der Waals surface area contributed by atoms with Crippen LogP contribution < -0.4 is 9.47 Å². The summed E-state index contributed by atoms with van der Waals surface area (Å²) in [4.78, 5) is 26.0. The number of Topliss-reactive ketones (excluding diaryl/α,β-unsaturated/α-hetero) is 1. The number of methoxy groups -OCH3 is 2. The topological polar surface area (TPSA) is 61.8 Å². The summed E-state index contributed by atoms with van der Waals surface area (Å²) < 4.78 is 16.2. The van der Waals surface area contributed by atoms with Crippen LogP contribution in [0.2, 0.25) is 0 Å². The largest absolute Gasteiger partial charge is 0.496 e. The lowest BCUT2D eigenvalue weighted by molar-refractivity contribution is -0.147. The highest BCUT2D eigenvalue weighted by molar-refractivity contribution is 6.11. The first kappa shape index (κ1) is 26.0. The van der Waals surface area contributed by atoms with Crippen LogP contribution in [-0.2, 0) is 9.53 Å². The van der Waals surface area contributed by atoms with Gasteiger partial charge in [0, 0.05) is 0 Å². The minimum absolute atomic E-state index is 0.293. The molecule has 0 saturated carbocycles. The summed E-state index contributed by atoms with van der Waals surface area (Å²) in [5, 5.41) is 0. The van der Waals surface area contributed by atoms with Crippen LogP contribution in [-0.4, -0.2) is 32.6 Å². The molecule has 0 radical (unpaired) electrons. The van der Waals surface area contributed by atoms with Crippen molar-refractivity contribution in [2.45, 2.75) is 84.5 Å². The van der Waals surface area contributed by atoms with Gasteiger partial charge >= 0.3 is 5.97 Å². The summed E-state index contributed by atoms with van der Waals surface area (Å²) in [6.07, 6.45) is 11.6. The Morgan fingerprint density at radius 2 is 1.33 bits per heavy atom. The number of carbonyl (C=O) groups excluding carboxylic acids is 2. The summed E-state index contributed by atoms with van der Waals surface area (Å²) >= 11 is 0. The fourth-order valence-electron chi connectivity index (χ4n) is 3.54. The first-order chi connectivity index (χ1) is 14.6. The van der Waals surface area contributed by atoms with Crippen molar-refractivity contribution in [3.05, 3.63) is 23.8 Å². The van der Waals surface area contributed by atoms with Gasteiger partial charge in [-0.15, -0.1) is 0 Å². The summed E-state index contributed by atoms with van der Waals surface area (Å²) in [6.45, 7) is 4.63. The lowest BCUT2D eigenvalue weighted by Gasteiger charge is -2.18. The Morgan fingerprint density at radius 1 is 0.800 bits per heavy atom. The number of ketones is 1. The standard InChI is InChI=1S/C25H40O5/c1-5-7-9-10-11-12-13-14-19-30-25(27)20(16-8-6-2)24(26)23-21(28-3)17-15-18-22(23)29-4/h15,17-18,20H,5-14,16,19H2,1-4H3. The van der Waals surface area contributed by atoms with Crippen molar-refractivity contribution in [3.8, 4) is 11.5 Å². The number of benzene rings is 1. The van der Waals surface area contributed by atoms with E-state index in [-0.39, 0.29) is 5.78 Å². The molecule has 0 aliphatic rings. The fourth-order valence-corrected chi connectivity index (χ4v) is 3.54. The number of esters is 1. The van der Waals surface area contributed by atoms with Crippen molar-refractivity contribution < 1.29 is 23.8 Å². The molecule has 1 atom stereocenters. The second-order valence-electron chi connectivity index (χ2n) is 7.74. The molecule has 170 valence electrons. The second kappa shape index (κ2) is 15.8. The third-order valence-corrected chi connectivity index (χ3v) is 5.36. The lowest BCUT2D eigenvalue weighted by atomic mass is 9.91. The van der Waals surface area contributed by atoms with E-state index in [1.807, 2.05) is 6.92 Å². The molecule has 0 aromatic heterocycles. The molecule has 0 fully saturated rings. The Hall–Kier alpha value is -2.04. The van der Waals surface area contributed by atoms with Gasteiger partial charge in [0.2, 0.25) is 0 Å². The number of hydrogen-bond donors (Lipinski definition) is 0. The van der Waals surface area contributed by atoms with Crippen molar-refractivity contribution in [3.63, 3.8) is 0 Å². The molecule has 0 aliphatic carbocycles. The zero-order valence-electron chi connectivity index (χ0n) is 19.3. The predicted octanol–water partition coefficient (Wildman–Crippen LogP) is 6.38. The van der Waals surface area contributed by atoms with Gasteiger partial charge < -0.3 is 14.2 Å². The second-order valence-corrected chi connectivity index (χ2v) is 7.74. The summed E-state index contributed by atoms with van der Waals surface area (Å²) in [7, 11) is 3.01. The van der Waals surface area contributed by atoms with Gasteiger partial charge in [-0.25, -0.2) is 0 Å². The molecule has 1 aromatic rings. The Labute approximate surface area is 182 Å². The molecule has 5 heteroatoms. The van der Waals surface area contributed by atoms with E-state index in [4.69, 9.17) is 14.2 Å². The fraction of sp³-hybridized carbons (Fsp3) is 0.680. The number of rotatable bonds is 17. The van der Waals surface area contributed by atoms with Gasteiger partial charge in [0.1, 0.15) is 23.0 Å². The molecular formula is C25H40O5. The van der Waals surface area contributed by atoms with Crippen molar-refractivity contribution in [2.75, 3.05) is 20.8 Å². The van der Waals surface area contributed by atoms with Crippen molar-refractivity contribution in [2.24, 2.45) is 5.92 Å². The molecule has 0 N–H and O–H groups in total. The SMILES string of the molecule is CCCCCCCCCCOC(=O)C(CCCC)C(=O)c1c(OC)cccc1OC. The molecular weight excluding hydrogens is 380 g/mol.